The molecule has 0 aliphatic rings. The largest absolute Gasteiger partial charge is 0.437 e. The average molecular weight is 224 g/mol. The summed E-state index contributed by atoms with van der Waals surface area (Å²) in [4.78, 5) is 1.19. The number of nitrogens with one attached hydrogen (secondary N) is 1. The van der Waals surface area contributed by atoms with E-state index in [2.05, 4.69) is 5.84 Å². The molecule has 0 amide bonds. The maximum absolute atomic E-state index is 12.4. The van der Waals surface area contributed by atoms with Crippen LogP contribution in [0.3, 0.4) is 0 Å². The highest BCUT2D eigenvalue weighted by Crippen LogP contribution is 2.33. The predicted molar refractivity (Wildman–Crippen MR) is 45.7 cm³/mol. The van der Waals surface area contributed by atoms with Crippen molar-refractivity contribution in [2.75, 3.05) is 14.1 Å². The summed E-state index contributed by atoms with van der Waals surface area (Å²) in [5.41, 5.74) is -3.29. The Morgan fingerprint density at radius 1 is 1.53 bits per heavy atom. The topological polar surface area (TPSA) is 85.3 Å². The number of halogens is 3. The van der Waals surface area contributed by atoms with Crippen LogP contribution in [-0.4, -0.2) is 36.0 Å². The molecule has 4 N–H and O–H groups in total. The summed E-state index contributed by atoms with van der Waals surface area (Å²) in [6.45, 7) is 0. The van der Waals surface area contributed by atoms with Crippen LogP contribution in [0.1, 0.15) is 0 Å². The normalized spacial score (nSPS) is 16.8. The highest BCUT2D eigenvalue weighted by atomic mass is 19.4. The van der Waals surface area contributed by atoms with Gasteiger partial charge in [-0.25, -0.2) is 5.43 Å². The molecule has 0 aromatic heterocycles. The van der Waals surface area contributed by atoms with Crippen molar-refractivity contribution >= 4 is 0 Å². The van der Waals surface area contributed by atoms with Gasteiger partial charge in [0, 0.05) is 20.3 Å². The number of nitrogens with two attached hydrogens (primary N) is 1. The van der Waals surface area contributed by atoms with Crippen molar-refractivity contribution < 1.29 is 18.3 Å². The number of aliphatic hydroxyl groups is 1. The molecule has 0 saturated carbocycles. The molecule has 0 spiro atoms. The molecule has 0 rings (SSSR count). The molecule has 0 aromatic rings. The van der Waals surface area contributed by atoms with E-state index in [9.17, 15) is 18.3 Å². The zero-order chi connectivity index (χ0) is 12.3. The van der Waals surface area contributed by atoms with Gasteiger partial charge in [0.25, 0.3) is 5.72 Å². The Morgan fingerprint density at radius 2 is 2.00 bits per heavy atom. The minimum absolute atomic E-state index is 0.827. The quantitative estimate of drug-likeness (QED) is 0.264. The van der Waals surface area contributed by atoms with Crippen LogP contribution in [0.2, 0.25) is 0 Å². The molecule has 1 unspecified atom stereocenters. The van der Waals surface area contributed by atoms with Gasteiger partial charge in [-0.1, -0.05) is 0 Å². The molecule has 0 heterocycles. The van der Waals surface area contributed by atoms with E-state index in [1.165, 1.54) is 30.5 Å². The van der Waals surface area contributed by atoms with Gasteiger partial charge in [-0.05, 0) is 0 Å². The Morgan fingerprint density at radius 3 is 2.20 bits per heavy atom. The van der Waals surface area contributed by atoms with Gasteiger partial charge in [0.05, 0.1) is 0 Å². The number of alkyl halides is 3. The molecule has 15 heavy (non-hydrogen) atoms. The van der Waals surface area contributed by atoms with Crippen molar-refractivity contribution in [2.24, 2.45) is 5.84 Å². The van der Waals surface area contributed by atoms with E-state index >= 15 is 0 Å². The fraction of sp³-hybridized carbons (Fsp3) is 0.571. The van der Waals surface area contributed by atoms with Crippen LogP contribution in [0.25, 0.3) is 0 Å². The van der Waals surface area contributed by atoms with Crippen LogP contribution in [0.15, 0.2) is 11.8 Å². The van der Waals surface area contributed by atoms with E-state index in [-0.39, 0.29) is 0 Å². The molecular weight excluding hydrogens is 213 g/mol. The standard InChI is InChI=1S/C7H11F3N4O/c1-14(2)4-5(3-11)6(15,13-12)7(8,9)10/h4,13,15H,12H2,1-2H3/b5-4+. The zero-order valence-electron chi connectivity index (χ0n) is 8.13. The summed E-state index contributed by atoms with van der Waals surface area (Å²) in [6.07, 6.45) is -4.26. The van der Waals surface area contributed by atoms with Gasteiger partial charge in [-0.3, -0.25) is 5.84 Å². The molecule has 0 aliphatic carbocycles. The summed E-state index contributed by atoms with van der Waals surface area (Å²) in [7, 11) is 2.81. The summed E-state index contributed by atoms with van der Waals surface area (Å²) in [5.74, 6) is 4.61. The third-order valence-electron chi connectivity index (χ3n) is 1.52. The number of rotatable bonds is 3. The van der Waals surface area contributed by atoms with Crippen LogP contribution in [0, 0.1) is 11.3 Å². The van der Waals surface area contributed by atoms with Crippen LogP contribution in [0.4, 0.5) is 13.2 Å². The molecule has 0 fully saturated rings. The first-order chi connectivity index (χ1) is 6.69. The molecule has 0 aliphatic heterocycles. The smallest absolute Gasteiger partial charge is 0.383 e. The van der Waals surface area contributed by atoms with Gasteiger partial charge in [-0.15, -0.1) is 0 Å². The lowest BCUT2D eigenvalue weighted by Gasteiger charge is -2.29. The van der Waals surface area contributed by atoms with E-state index in [1.807, 2.05) is 0 Å². The zero-order valence-corrected chi connectivity index (χ0v) is 8.13. The Balaban J connectivity index is 5.38. The van der Waals surface area contributed by atoms with E-state index in [4.69, 9.17) is 5.26 Å². The number of hydrogen-bond acceptors (Lipinski definition) is 5. The van der Waals surface area contributed by atoms with Gasteiger partial charge in [0.15, 0.2) is 0 Å². The molecule has 8 heteroatoms. The molecule has 0 aromatic carbocycles. The highest BCUT2D eigenvalue weighted by molar-refractivity contribution is 5.31. The third-order valence-corrected chi connectivity index (χ3v) is 1.52. The maximum Gasteiger partial charge on any atom is 0.437 e. The van der Waals surface area contributed by atoms with Gasteiger partial charge in [0.2, 0.25) is 0 Å². The predicted octanol–water partition coefficient (Wildman–Crippen LogP) is -0.330. The molecule has 0 radical (unpaired) electrons. The van der Waals surface area contributed by atoms with Gasteiger partial charge in [-0.2, -0.15) is 18.4 Å². The van der Waals surface area contributed by atoms with Crippen LogP contribution >= 0.6 is 0 Å². The minimum Gasteiger partial charge on any atom is -0.383 e. The van der Waals surface area contributed by atoms with Crippen LogP contribution < -0.4 is 11.3 Å². The number of hydrazine groups is 1. The molecular formula is C7H11F3N4O. The fourth-order valence-electron chi connectivity index (χ4n) is 0.774. The van der Waals surface area contributed by atoms with Crippen molar-refractivity contribution in [3.05, 3.63) is 11.8 Å². The monoisotopic (exact) mass is 224 g/mol. The van der Waals surface area contributed by atoms with Gasteiger partial charge >= 0.3 is 6.18 Å². The minimum atomic E-state index is -5.08. The number of nitrogens with zero attached hydrogens (tertiary/aromatic N) is 2. The maximum atomic E-state index is 12.4. The molecule has 0 saturated heterocycles. The first-order valence-corrected chi connectivity index (χ1v) is 3.74. The lowest BCUT2D eigenvalue weighted by Crippen LogP contribution is -2.61. The first-order valence-electron chi connectivity index (χ1n) is 3.74. The molecule has 0 bridgehead atoms. The highest BCUT2D eigenvalue weighted by Gasteiger charge is 2.56. The number of hydrogen-bond donors (Lipinski definition) is 3. The van der Waals surface area contributed by atoms with Crippen LogP contribution in [0.5, 0.6) is 0 Å². The van der Waals surface area contributed by atoms with Crippen molar-refractivity contribution in [1.29, 1.82) is 5.26 Å². The lowest BCUT2D eigenvalue weighted by molar-refractivity contribution is -0.255. The van der Waals surface area contributed by atoms with Crippen molar-refractivity contribution in [2.45, 2.75) is 11.9 Å². The Bertz CT molecular complexity index is 294. The van der Waals surface area contributed by atoms with E-state index in [0.717, 1.165) is 6.20 Å². The fourth-order valence-corrected chi connectivity index (χ4v) is 0.774. The number of nitriles is 1. The summed E-state index contributed by atoms with van der Waals surface area (Å²) < 4.78 is 37.2. The van der Waals surface area contributed by atoms with E-state index in [0.29, 0.717) is 0 Å². The van der Waals surface area contributed by atoms with E-state index < -0.39 is 17.5 Å². The SMILES string of the molecule is CN(C)/C=C(\C#N)C(O)(NN)C(F)(F)F. The Labute approximate surface area is 84.5 Å². The third kappa shape index (κ3) is 2.82. The van der Waals surface area contributed by atoms with Gasteiger partial charge < -0.3 is 10.0 Å². The Kier molecular flexibility index (Phi) is 4.09. The van der Waals surface area contributed by atoms with Crippen molar-refractivity contribution in [3.63, 3.8) is 0 Å². The van der Waals surface area contributed by atoms with Crippen molar-refractivity contribution in [1.82, 2.24) is 10.3 Å². The molecule has 5 nitrogen and oxygen atoms in total. The first kappa shape index (κ1) is 13.7. The molecule has 1 atom stereocenters. The average Bonchev–Trinajstić information content (AvgIpc) is 2.10. The second-order valence-electron chi connectivity index (χ2n) is 2.97. The van der Waals surface area contributed by atoms with E-state index in [1.54, 1.807) is 0 Å². The molecule has 86 valence electrons. The lowest BCUT2D eigenvalue weighted by atomic mass is 10.1. The second kappa shape index (κ2) is 4.48. The summed E-state index contributed by atoms with van der Waals surface area (Å²) in [6, 6.07) is 1.24. The van der Waals surface area contributed by atoms with Crippen molar-refractivity contribution in [3.8, 4) is 6.07 Å². The Hall–Kier alpha value is -1.30. The van der Waals surface area contributed by atoms with Crippen LogP contribution in [-0.2, 0) is 0 Å². The summed E-state index contributed by atoms with van der Waals surface area (Å²) >= 11 is 0. The second-order valence-corrected chi connectivity index (χ2v) is 2.97. The van der Waals surface area contributed by atoms with Gasteiger partial charge in [0.1, 0.15) is 11.6 Å². The summed E-state index contributed by atoms with van der Waals surface area (Å²) in [5, 5.41) is 17.7.